The molecule has 0 bridgehead atoms. The Kier molecular flexibility index (Phi) is 4.02. The second-order valence-corrected chi connectivity index (χ2v) is 5.08. The molecule has 0 saturated heterocycles. The van der Waals surface area contributed by atoms with Crippen molar-refractivity contribution >= 4 is 11.4 Å². The van der Waals surface area contributed by atoms with Crippen molar-refractivity contribution in [2.24, 2.45) is 0 Å². The molecule has 0 atom stereocenters. The predicted octanol–water partition coefficient (Wildman–Crippen LogP) is 3.08. The van der Waals surface area contributed by atoms with Crippen molar-refractivity contribution < 1.29 is 27.8 Å². The number of nitrogens with two attached hydrogens (primary N) is 2. The Bertz CT molecular complexity index is 680. The Morgan fingerprint density at radius 1 is 0.826 bits per heavy atom. The first kappa shape index (κ1) is 16.7. The second-order valence-electron chi connectivity index (χ2n) is 5.08. The molecule has 0 aliphatic carbocycles. The molecule has 4 nitrogen and oxygen atoms in total. The molecule has 6 N–H and O–H groups in total. The van der Waals surface area contributed by atoms with Crippen LogP contribution >= 0.6 is 0 Å². The third kappa shape index (κ3) is 2.60. The van der Waals surface area contributed by atoms with Gasteiger partial charge in [0.1, 0.15) is 23.6 Å². The van der Waals surface area contributed by atoms with E-state index in [-0.39, 0.29) is 11.4 Å². The fourth-order valence-corrected chi connectivity index (χ4v) is 2.34. The maximum absolute atomic E-state index is 13.7. The number of anilines is 2. The molecule has 0 unspecified atom stereocenters. The smallest absolute Gasteiger partial charge is 0.404 e. The fraction of sp³-hybridized carbons (Fsp3) is 0.200. The zero-order chi connectivity index (χ0) is 17.4. The quantitative estimate of drug-likeness (QED) is 0.395. The number of phenolic OH excluding ortho intramolecular Hbond substituents is 2. The first-order valence-corrected chi connectivity index (χ1v) is 6.44. The van der Waals surface area contributed by atoms with E-state index in [1.807, 2.05) is 0 Å². The van der Waals surface area contributed by atoms with Crippen LogP contribution in [0.4, 0.5) is 28.9 Å². The Morgan fingerprint density at radius 3 is 1.48 bits per heavy atom. The van der Waals surface area contributed by atoms with Crippen LogP contribution in [0.5, 0.6) is 11.5 Å². The van der Waals surface area contributed by atoms with Gasteiger partial charge in [0.25, 0.3) is 0 Å². The summed E-state index contributed by atoms with van der Waals surface area (Å²) in [5.41, 5.74) is 6.35. The van der Waals surface area contributed by atoms with Gasteiger partial charge in [-0.3, -0.25) is 0 Å². The SMILES string of the molecule is Nc1ccc(C(CF)(c2ccc(N)c(O)c2)C(F)(F)F)cc1O. The number of alkyl halides is 4. The molecule has 0 amide bonds. The maximum Gasteiger partial charge on any atom is 0.404 e. The van der Waals surface area contributed by atoms with Gasteiger partial charge in [-0.25, -0.2) is 4.39 Å². The van der Waals surface area contributed by atoms with Crippen molar-refractivity contribution in [3.63, 3.8) is 0 Å². The van der Waals surface area contributed by atoms with E-state index >= 15 is 0 Å². The summed E-state index contributed by atoms with van der Waals surface area (Å²) in [6.07, 6.45) is -5.03. The van der Waals surface area contributed by atoms with Gasteiger partial charge in [0.2, 0.25) is 0 Å². The summed E-state index contributed by atoms with van der Waals surface area (Å²) in [5, 5.41) is 19.2. The molecule has 0 saturated carbocycles. The molecule has 0 aromatic heterocycles. The van der Waals surface area contributed by atoms with Gasteiger partial charge in [-0.1, -0.05) is 12.1 Å². The number of hydrogen-bond acceptors (Lipinski definition) is 4. The average Bonchev–Trinajstić information content (AvgIpc) is 2.46. The topological polar surface area (TPSA) is 92.5 Å². The third-order valence-corrected chi connectivity index (χ3v) is 3.73. The minimum atomic E-state index is -5.03. The van der Waals surface area contributed by atoms with Crippen LogP contribution in [0.2, 0.25) is 0 Å². The summed E-state index contributed by atoms with van der Waals surface area (Å²) in [6, 6.07) is 5.59. The summed E-state index contributed by atoms with van der Waals surface area (Å²) in [6.45, 7) is -1.83. The van der Waals surface area contributed by atoms with Gasteiger partial charge >= 0.3 is 6.18 Å². The molecule has 0 heterocycles. The highest BCUT2D eigenvalue weighted by Crippen LogP contribution is 2.48. The highest BCUT2D eigenvalue weighted by molar-refractivity contribution is 5.59. The van der Waals surface area contributed by atoms with E-state index in [2.05, 4.69) is 0 Å². The van der Waals surface area contributed by atoms with Gasteiger partial charge in [0, 0.05) is 0 Å². The fourth-order valence-electron chi connectivity index (χ4n) is 2.34. The van der Waals surface area contributed by atoms with Crippen LogP contribution in [-0.2, 0) is 5.41 Å². The van der Waals surface area contributed by atoms with E-state index in [1.54, 1.807) is 0 Å². The number of nitrogen functional groups attached to an aromatic ring is 2. The maximum atomic E-state index is 13.7. The van der Waals surface area contributed by atoms with E-state index in [0.29, 0.717) is 0 Å². The van der Waals surface area contributed by atoms with Gasteiger partial charge < -0.3 is 21.7 Å². The highest BCUT2D eigenvalue weighted by atomic mass is 19.4. The van der Waals surface area contributed by atoms with Crippen molar-refractivity contribution in [1.82, 2.24) is 0 Å². The summed E-state index contributed by atoms with van der Waals surface area (Å²) in [5.74, 6) is -1.19. The van der Waals surface area contributed by atoms with Crippen LogP contribution in [0, 0.1) is 0 Å². The van der Waals surface area contributed by atoms with Crippen LogP contribution in [0.3, 0.4) is 0 Å². The predicted molar refractivity (Wildman–Crippen MR) is 77.8 cm³/mol. The van der Waals surface area contributed by atoms with Crippen molar-refractivity contribution in [3.05, 3.63) is 47.5 Å². The van der Waals surface area contributed by atoms with Gasteiger partial charge in [0.05, 0.1) is 11.4 Å². The summed E-state index contributed by atoms with van der Waals surface area (Å²) < 4.78 is 54.9. The number of rotatable bonds is 3. The summed E-state index contributed by atoms with van der Waals surface area (Å²) in [4.78, 5) is 0. The molecule has 23 heavy (non-hydrogen) atoms. The molecule has 0 spiro atoms. The molecule has 0 fully saturated rings. The molecule has 0 aliphatic heterocycles. The Morgan fingerprint density at radius 2 is 1.22 bits per heavy atom. The number of phenols is 2. The normalized spacial score (nSPS) is 12.3. The van der Waals surface area contributed by atoms with Gasteiger partial charge in [-0.05, 0) is 35.4 Å². The van der Waals surface area contributed by atoms with E-state index in [0.717, 1.165) is 36.4 Å². The number of hydrogen-bond donors (Lipinski definition) is 4. The van der Waals surface area contributed by atoms with Crippen LogP contribution < -0.4 is 11.5 Å². The Balaban J connectivity index is 2.79. The van der Waals surface area contributed by atoms with Crippen LogP contribution in [0.15, 0.2) is 36.4 Å². The lowest BCUT2D eigenvalue weighted by molar-refractivity contribution is -0.182. The van der Waals surface area contributed by atoms with Crippen molar-refractivity contribution in [3.8, 4) is 11.5 Å². The van der Waals surface area contributed by atoms with Gasteiger partial charge in [0.15, 0.2) is 0 Å². The monoisotopic (exact) mass is 330 g/mol. The summed E-state index contributed by atoms with van der Waals surface area (Å²) in [7, 11) is 0. The Labute approximate surface area is 129 Å². The van der Waals surface area contributed by atoms with E-state index < -0.39 is 40.9 Å². The largest absolute Gasteiger partial charge is 0.506 e. The lowest BCUT2D eigenvalue weighted by Crippen LogP contribution is -2.45. The van der Waals surface area contributed by atoms with E-state index in [1.165, 1.54) is 0 Å². The molecule has 0 radical (unpaired) electrons. The lowest BCUT2D eigenvalue weighted by Gasteiger charge is -2.34. The van der Waals surface area contributed by atoms with Crippen molar-refractivity contribution in [1.29, 1.82) is 0 Å². The molecule has 124 valence electrons. The average molecular weight is 330 g/mol. The molecule has 2 aromatic carbocycles. The minimum absolute atomic E-state index is 0.135. The molecule has 2 rings (SSSR count). The first-order valence-electron chi connectivity index (χ1n) is 6.44. The van der Waals surface area contributed by atoms with Crippen molar-refractivity contribution in [2.75, 3.05) is 18.1 Å². The highest BCUT2D eigenvalue weighted by Gasteiger charge is 2.57. The third-order valence-electron chi connectivity index (χ3n) is 3.73. The van der Waals surface area contributed by atoms with Crippen LogP contribution in [0.25, 0.3) is 0 Å². The summed E-state index contributed by atoms with van der Waals surface area (Å²) >= 11 is 0. The van der Waals surface area contributed by atoms with Gasteiger partial charge in [-0.2, -0.15) is 13.2 Å². The van der Waals surface area contributed by atoms with Gasteiger partial charge in [-0.15, -0.1) is 0 Å². The number of benzene rings is 2. The standard InChI is InChI=1S/C15H14F4N2O2/c16-7-14(15(17,18)19,8-1-3-10(20)12(22)5-8)9-2-4-11(21)13(23)6-9/h1-6,22-23H,7,20-21H2. The molecule has 8 heteroatoms. The van der Waals surface area contributed by atoms with E-state index in [4.69, 9.17) is 11.5 Å². The molecule has 2 aromatic rings. The first-order chi connectivity index (χ1) is 10.6. The Hall–Kier alpha value is -2.64. The molecular weight excluding hydrogens is 316 g/mol. The van der Waals surface area contributed by atoms with Crippen LogP contribution in [0.1, 0.15) is 11.1 Å². The zero-order valence-electron chi connectivity index (χ0n) is 11.7. The second kappa shape index (κ2) is 5.53. The lowest BCUT2D eigenvalue weighted by atomic mass is 9.74. The van der Waals surface area contributed by atoms with Crippen molar-refractivity contribution in [2.45, 2.75) is 11.6 Å². The number of aromatic hydroxyl groups is 2. The van der Waals surface area contributed by atoms with E-state index in [9.17, 15) is 27.8 Å². The molecule has 0 aliphatic rings. The number of halogens is 4. The molecular formula is C15H14F4N2O2. The minimum Gasteiger partial charge on any atom is -0.506 e. The zero-order valence-corrected chi connectivity index (χ0v) is 11.7. The van der Waals surface area contributed by atoms with Crippen LogP contribution in [-0.4, -0.2) is 23.1 Å².